The first-order valence-corrected chi connectivity index (χ1v) is 39.2. The van der Waals surface area contributed by atoms with Gasteiger partial charge < -0.3 is 38.4 Å². The Hall–Kier alpha value is -15.0. The molecule has 23 rings (SSSR count). The van der Waals surface area contributed by atoms with Gasteiger partial charge in [0.15, 0.2) is 0 Å². The van der Waals surface area contributed by atoms with Crippen LogP contribution in [0.5, 0.6) is 0 Å². The van der Waals surface area contributed by atoms with Crippen LogP contribution in [0.4, 0.5) is 102 Å². The maximum Gasteiger partial charge on any atom is 0.297 e. The molecule has 0 aliphatic carbocycles. The largest absolute Gasteiger partial charge is 0.468 e. The fourth-order valence-corrected chi connectivity index (χ4v) is 18.8. The fourth-order valence-electron chi connectivity index (χ4n) is 18.8. The van der Waals surface area contributed by atoms with E-state index in [9.17, 15) is 0 Å². The number of rotatable bonds is 13. The molecule has 4 aliphatic heterocycles. The Balaban J connectivity index is 0.851. The average Bonchev–Trinajstić information content (AvgIpc) is 1.30. The molecule has 0 bridgehead atoms. The zero-order valence-corrected chi connectivity index (χ0v) is 62.0. The molecule has 19 aromatic rings. The standard InChI is InChI=1S/C104H69B2N7O/c1-10-35-71(36-11-1)84-54-30-31-55-85(84)101-69-100-104(114-101)106-90-66-87-86-65-89-94(110(78-48-22-7-23-49-78)97-62-82(107(73-38-12-2-13-39-73)74-40-14-3-15-41-74)61-96-102(97)105(89)88-56-32-33-57-91(88)109(96)77-46-20-6-21-47-77)67-92(86)113(81-59-58-70-34-28-29-37-72(70)60-81)93(87)68-95(90)111(79-50-24-8-25-51-79)98-63-83(64-99(103(98)106)112(100)80-52-26-9-27-53-80)108(75-42-16-4-17-43-75)76-44-18-5-19-45-76/h1-69H. The van der Waals surface area contributed by atoms with Gasteiger partial charge >= 0.3 is 0 Å². The molecule has 2 aromatic heterocycles. The summed E-state index contributed by atoms with van der Waals surface area (Å²) >= 11 is 0. The molecule has 0 N–H and O–H groups in total. The number of para-hydroxylation sites is 9. The number of aromatic nitrogens is 1. The van der Waals surface area contributed by atoms with Gasteiger partial charge in [0.1, 0.15) is 5.76 Å². The molecule has 8 nitrogen and oxygen atoms in total. The van der Waals surface area contributed by atoms with E-state index in [0.717, 1.165) is 174 Å². The maximum atomic E-state index is 7.95. The van der Waals surface area contributed by atoms with E-state index in [0.29, 0.717) is 0 Å². The first kappa shape index (κ1) is 64.9. The van der Waals surface area contributed by atoms with Crippen LogP contribution >= 0.6 is 0 Å². The van der Waals surface area contributed by atoms with Crippen LogP contribution in [0, 0.1) is 0 Å². The van der Waals surface area contributed by atoms with Crippen LogP contribution < -0.4 is 62.4 Å². The molecule has 0 saturated heterocycles. The number of benzene rings is 17. The molecule has 532 valence electrons. The fraction of sp³-hybridized carbons (Fsp3) is 0. The van der Waals surface area contributed by atoms with Gasteiger partial charge in [-0.25, -0.2) is 0 Å². The van der Waals surface area contributed by atoms with Crippen LogP contribution in [-0.4, -0.2) is 18.0 Å². The van der Waals surface area contributed by atoms with Crippen LogP contribution in [0.2, 0.25) is 0 Å². The van der Waals surface area contributed by atoms with Crippen LogP contribution in [0.1, 0.15) is 0 Å². The van der Waals surface area contributed by atoms with Crippen molar-refractivity contribution in [3.63, 3.8) is 0 Å². The number of anilines is 18. The summed E-state index contributed by atoms with van der Waals surface area (Å²) in [6.07, 6.45) is 0. The summed E-state index contributed by atoms with van der Waals surface area (Å²) in [5, 5.41) is 4.61. The van der Waals surface area contributed by atoms with Gasteiger partial charge in [-0.15, -0.1) is 0 Å². The summed E-state index contributed by atoms with van der Waals surface area (Å²) in [6, 6.07) is 154. The van der Waals surface area contributed by atoms with E-state index in [2.05, 4.69) is 453 Å². The Morgan fingerprint density at radius 2 is 0.596 bits per heavy atom. The second-order valence-electron chi connectivity index (χ2n) is 29.9. The van der Waals surface area contributed by atoms with Crippen LogP contribution in [0.15, 0.2) is 423 Å². The highest BCUT2D eigenvalue weighted by Crippen LogP contribution is 2.54. The SMILES string of the molecule is c1ccc(-c2ccccc2-c2cc3c(o2)B2c4cc5c6cc7c(cc6n(-c6ccc8ccccc8c6)c5cc4N(c4ccccc4)c4cc(N(c5ccccc5)c5ccccc5)cc(c42)N3c2ccccc2)N(c2ccccc2)c2cc(N(c3ccccc3)c3ccccc3)cc3c2B7c2ccccc2N3c2ccccc2)cc1. The van der Waals surface area contributed by atoms with Crippen molar-refractivity contribution in [2.45, 2.75) is 0 Å². The molecule has 114 heavy (non-hydrogen) atoms. The maximum absolute atomic E-state index is 7.95. The third kappa shape index (κ3) is 10.3. The third-order valence-electron chi connectivity index (χ3n) is 23.6. The van der Waals surface area contributed by atoms with E-state index in [-0.39, 0.29) is 6.71 Å². The molecule has 0 saturated carbocycles. The molecule has 0 atom stereocenters. The Morgan fingerprint density at radius 1 is 0.228 bits per heavy atom. The third-order valence-corrected chi connectivity index (χ3v) is 23.6. The number of hydrogen-bond donors (Lipinski definition) is 0. The van der Waals surface area contributed by atoms with Crippen LogP contribution in [0.3, 0.4) is 0 Å². The lowest BCUT2D eigenvalue weighted by Crippen LogP contribution is -2.61. The minimum absolute atomic E-state index is 0.216. The van der Waals surface area contributed by atoms with E-state index < -0.39 is 6.71 Å². The van der Waals surface area contributed by atoms with Crippen molar-refractivity contribution < 1.29 is 4.42 Å². The topological polar surface area (TPSA) is 37.5 Å². The lowest BCUT2D eigenvalue weighted by molar-refractivity contribution is 0.616. The molecular formula is C104H69B2N7O. The predicted molar refractivity (Wildman–Crippen MR) is 479 cm³/mol. The molecular weight excluding hydrogens is 1380 g/mol. The van der Waals surface area contributed by atoms with Gasteiger partial charge in [0.05, 0.1) is 33.8 Å². The summed E-state index contributed by atoms with van der Waals surface area (Å²) in [6.45, 7) is -0.640. The molecule has 0 unspecified atom stereocenters. The zero-order valence-electron chi connectivity index (χ0n) is 62.0. The summed E-state index contributed by atoms with van der Waals surface area (Å²) in [4.78, 5) is 14.9. The Bertz CT molecular complexity index is 6880. The van der Waals surface area contributed by atoms with Crippen molar-refractivity contribution in [2.24, 2.45) is 0 Å². The number of furan rings is 1. The normalized spacial score (nSPS) is 12.8. The number of nitrogens with zero attached hydrogens (tertiary/aromatic N) is 7. The van der Waals surface area contributed by atoms with E-state index in [4.69, 9.17) is 4.42 Å². The minimum atomic E-state index is -0.424. The summed E-state index contributed by atoms with van der Waals surface area (Å²) < 4.78 is 10.5. The monoisotopic (exact) mass is 1450 g/mol. The average molecular weight is 1450 g/mol. The zero-order chi connectivity index (χ0) is 74.9. The first-order valence-electron chi connectivity index (χ1n) is 39.2. The van der Waals surface area contributed by atoms with Crippen molar-refractivity contribution in [3.8, 4) is 28.1 Å². The van der Waals surface area contributed by atoms with Gasteiger partial charge in [0.25, 0.3) is 13.4 Å². The second kappa shape index (κ2) is 26.4. The Labute approximate surface area is 662 Å². The van der Waals surface area contributed by atoms with Gasteiger partial charge in [-0.2, -0.15) is 0 Å². The summed E-state index contributed by atoms with van der Waals surface area (Å²) in [5.74, 6) is 0.791. The molecule has 10 heteroatoms. The van der Waals surface area contributed by atoms with E-state index >= 15 is 0 Å². The van der Waals surface area contributed by atoms with Crippen LogP contribution in [0.25, 0.3) is 60.7 Å². The quantitative estimate of drug-likeness (QED) is 0.107. The van der Waals surface area contributed by atoms with E-state index in [1.807, 2.05) is 0 Å². The van der Waals surface area contributed by atoms with Gasteiger partial charge in [-0.05, 0) is 201 Å². The first-order chi connectivity index (χ1) is 56.6. The Kier molecular flexibility index (Phi) is 15.0. The molecule has 0 radical (unpaired) electrons. The minimum Gasteiger partial charge on any atom is -0.468 e. The van der Waals surface area contributed by atoms with Gasteiger partial charge in [-0.1, -0.05) is 261 Å². The molecule has 0 fully saturated rings. The van der Waals surface area contributed by atoms with Crippen molar-refractivity contribution in [1.29, 1.82) is 0 Å². The molecule has 6 heterocycles. The molecule has 4 aliphatic rings. The highest BCUT2D eigenvalue weighted by molar-refractivity contribution is 7.01. The number of hydrogen-bond acceptors (Lipinski definition) is 7. The number of fused-ring (bicyclic) bond motifs is 12. The van der Waals surface area contributed by atoms with E-state index in [1.54, 1.807) is 0 Å². The molecule has 0 amide bonds. The highest BCUT2D eigenvalue weighted by Gasteiger charge is 2.49. The lowest BCUT2D eigenvalue weighted by atomic mass is 9.33. The second-order valence-corrected chi connectivity index (χ2v) is 29.9. The lowest BCUT2D eigenvalue weighted by Gasteiger charge is -2.45. The van der Waals surface area contributed by atoms with Crippen molar-refractivity contribution in [1.82, 2.24) is 4.57 Å². The summed E-state index contributed by atoms with van der Waals surface area (Å²) in [7, 11) is 0. The van der Waals surface area contributed by atoms with Gasteiger partial charge in [0, 0.05) is 113 Å². The van der Waals surface area contributed by atoms with Crippen molar-refractivity contribution in [2.75, 3.05) is 29.4 Å². The predicted octanol–water partition coefficient (Wildman–Crippen LogP) is 24.0. The van der Waals surface area contributed by atoms with Crippen molar-refractivity contribution >= 4 is 181 Å². The van der Waals surface area contributed by atoms with Gasteiger partial charge in [-0.3, -0.25) is 0 Å². The summed E-state index contributed by atoms with van der Waals surface area (Å²) in [5.41, 5.74) is 32.3. The molecule has 0 spiro atoms. The van der Waals surface area contributed by atoms with Crippen molar-refractivity contribution in [3.05, 3.63) is 419 Å². The van der Waals surface area contributed by atoms with E-state index in [1.165, 1.54) is 21.8 Å². The van der Waals surface area contributed by atoms with Gasteiger partial charge in [0.2, 0.25) is 0 Å². The highest BCUT2D eigenvalue weighted by atomic mass is 16.3. The smallest absolute Gasteiger partial charge is 0.297 e. The Morgan fingerprint density at radius 3 is 1.07 bits per heavy atom. The van der Waals surface area contributed by atoms with Crippen LogP contribution in [-0.2, 0) is 0 Å². The molecule has 17 aromatic carbocycles.